The lowest BCUT2D eigenvalue weighted by Gasteiger charge is -2.05. The van der Waals surface area contributed by atoms with E-state index >= 15 is 0 Å². The first-order valence-electron chi connectivity index (χ1n) is 7.07. The zero-order valence-electron chi connectivity index (χ0n) is 12.4. The first-order valence-corrected chi connectivity index (χ1v) is 7.07. The number of non-ortho nitro benzene ring substituents is 1. The molecule has 0 aliphatic heterocycles. The van der Waals surface area contributed by atoms with Crippen LogP contribution < -0.4 is 5.32 Å². The van der Waals surface area contributed by atoms with Crippen LogP contribution in [0.4, 0.5) is 11.4 Å². The first kappa shape index (κ1) is 15.3. The number of rotatable bonds is 4. The Bertz CT molecular complexity index is 880. The van der Waals surface area contributed by atoms with Crippen molar-refractivity contribution in [1.29, 1.82) is 0 Å². The summed E-state index contributed by atoms with van der Waals surface area (Å²) in [6.45, 7) is 0. The number of benzene rings is 2. The molecule has 24 heavy (non-hydrogen) atoms. The van der Waals surface area contributed by atoms with Gasteiger partial charge in [-0.25, -0.2) is 9.97 Å². The molecule has 1 heterocycles. The van der Waals surface area contributed by atoms with Gasteiger partial charge in [-0.3, -0.25) is 14.9 Å². The Morgan fingerprint density at radius 2 is 1.71 bits per heavy atom. The van der Waals surface area contributed by atoms with Gasteiger partial charge in [-0.1, -0.05) is 30.3 Å². The van der Waals surface area contributed by atoms with Gasteiger partial charge >= 0.3 is 0 Å². The highest BCUT2D eigenvalue weighted by atomic mass is 16.6. The summed E-state index contributed by atoms with van der Waals surface area (Å²) in [5, 5.41) is 13.5. The normalized spacial score (nSPS) is 10.2. The maximum Gasteiger partial charge on any atom is 0.270 e. The highest BCUT2D eigenvalue weighted by molar-refractivity contribution is 6.03. The van der Waals surface area contributed by atoms with E-state index in [1.807, 2.05) is 18.2 Å². The molecule has 0 unspecified atom stereocenters. The topological polar surface area (TPSA) is 98.0 Å². The molecule has 0 radical (unpaired) electrons. The lowest BCUT2D eigenvalue weighted by atomic mass is 10.2. The van der Waals surface area contributed by atoms with Gasteiger partial charge in [0, 0.05) is 35.8 Å². The average molecular weight is 320 g/mol. The van der Waals surface area contributed by atoms with Crippen molar-refractivity contribution in [1.82, 2.24) is 9.97 Å². The summed E-state index contributed by atoms with van der Waals surface area (Å²) < 4.78 is 0. The Kier molecular flexibility index (Phi) is 4.24. The Labute approximate surface area is 137 Å². The number of aromatic nitrogens is 2. The molecule has 0 atom stereocenters. The van der Waals surface area contributed by atoms with E-state index < -0.39 is 4.92 Å². The van der Waals surface area contributed by atoms with Gasteiger partial charge in [-0.2, -0.15) is 0 Å². The largest absolute Gasteiger partial charge is 0.322 e. The van der Waals surface area contributed by atoms with Gasteiger partial charge in [-0.05, 0) is 12.1 Å². The Balaban J connectivity index is 1.79. The summed E-state index contributed by atoms with van der Waals surface area (Å²) in [6, 6.07) is 15.1. The quantitative estimate of drug-likeness (QED) is 0.587. The standard InChI is InChI=1S/C17H12N4O3/c22-17(20-14-6-2-1-3-7-14)13-10-18-16(19-11-13)12-5-4-8-15(9-12)21(23)24/h1-11H,(H,20,22). The molecule has 7 heteroatoms. The molecule has 1 N–H and O–H groups in total. The number of hydrogen-bond acceptors (Lipinski definition) is 5. The molecule has 3 aromatic rings. The van der Waals surface area contributed by atoms with Crippen molar-refractivity contribution in [2.75, 3.05) is 5.32 Å². The Hall–Kier alpha value is -3.61. The van der Waals surface area contributed by atoms with Crippen molar-refractivity contribution in [3.63, 3.8) is 0 Å². The zero-order valence-corrected chi connectivity index (χ0v) is 12.4. The monoisotopic (exact) mass is 320 g/mol. The van der Waals surface area contributed by atoms with Crippen LogP contribution in [0.25, 0.3) is 11.4 Å². The van der Waals surface area contributed by atoms with Crippen LogP contribution in [0, 0.1) is 10.1 Å². The molecule has 7 nitrogen and oxygen atoms in total. The van der Waals surface area contributed by atoms with Crippen LogP contribution in [0.15, 0.2) is 67.0 Å². The van der Waals surface area contributed by atoms with Crippen LogP contribution in [0.3, 0.4) is 0 Å². The van der Waals surface area contributed by atoms with Crippen molar-refractivity contribution in [3.8, 4) is 11.4 Å². The number of carbonyl (C=O) groups is 1. The van der Waals surface area contributed by atoms with E-state index in [2.05, 4.69) is 15.3 Å². The highest BCUT2D eigenvalue weighted by Crippen LogP contribution is 2.20. The number of nitrogens with one attached hydrogen (secondary N) is 1. The summed E-state index contributed by atoms with van der Waals surface area (Å²) in [5.41, 5.74) is 1.44. The summed E-state index contributed by atoms with van der Waals surface area (Å²) in [5.74, 6) is -0.0123. The molecule has 1 amide bonds. The Morgan fingerprint density at radius 1 is 1.00 bits per heavy atom. The van der Waals surface area contributed by atoms with Gasteiger partial charge in [0.1, 0.15) is 0 Å². The van der Waals surface area contributed by atoms with Crippen molar-refractivity contribution in [3.05, 3.63) is 82.7 Å². The molecule has 0 fully saturated rings. The van der Waals surface area contributed by atoms with Gasteiger partial charge in [0.2, 0.25) is 0 Å². The second-order valence-electron chi connectivity index (χ2n) is 4.92. The molecule has 0 saturated carbocycles. The number of hydrogen-bond donors (Lipinski definition) is 1. The number of nitro groups is 1. The van der Waals surface area contributed by atoms with E-state index in [4.69, 9.17) is 0 Å². The molecule has 118 valence electrons. The van der Waals surface area contributed by atoms with Crippen LogP contribution in [-0.4, -0.2) is 20.8 Å². The average Bonchev–Trinajstić information content (AvgIpc) is 2.63. The van der Waals surface area contributed by atoms with Crippen LogP contribution in [0.5, 0.6) is 0 Å². The molecule has 0 saturated heterocycles. The smallest absolute Gasteiger partial charge is 0.270 e. The summed E-state index contributed by atoms with van der Waals surface area (Å²) in [7, 11) is 0. The van der Waals surface area contributed by atoms with Crippen molar-refractivity contribution in [2.45, 2.75) is 0 Å². The van der Waals surface area contributed by atoms with E-state index in [1.54, 1.807) is 24.3 Å². The predicted octanol–water partition coefficient (Wildman–Crippen LogP) is 3.30. The van der Waals surface area contributed by atoms with Gasteiger partial charge < -0.3 is 5.32 Å². The molecule has 0 spiro atoms. The van der Waals surface area contributed by atoms with Crippen LogP contribution in [-0.2, 0) is 0 Å². The SMILES string of the molecule is O=C(Nc1ccccc1)c1cnc(-c2cccc([N+](=O)[O-])c2)nc1. The van der Waals surface area contributed by atoms with Crippen LogP contribution >= 0.6 is 0 Å². The number of para-hydroxylation sites is 1. The number of anilines is 1. The highest BCUT2D eigenvalue weighted by Gasteiger charge is 2.11. The summed E-state index contributed by atoms with van der Waals surface area (Å²) in [6.07, 6.45) is 2.78. The summed E-state index contributed by atoms with van der Waals surface area (Å²) >= 11 is 0. The van der Waals surface area contributed by atoms with Gasteiger partial charge in [0.15, 0.2) is 5.82 Å². The summed E-state index contributed by atoms with van der Waals surface area (Å²) in [4.78, 5) is 30.7. The molecule has 2 aromatic carbocycles. The van der Waals surface area contributed by atoms with Crippen molar-refractivity contribution in [2.24, 2.45) is 0 Å². The van der Waals surface area contributed by atoms with Crippen LogP contribution in [0.1, 0.15) is 10.4 Å². The van der Waals surface area contributed by atoms with Crippen molar-refractivity contribution < 1.29 is 9.72 Å². The lowest BCUT2D eigenvalue weighted by Crippen LogP contribution is -2.12. The molecular weight excluding hydrogens is 308 g/mol. The molecule has 0 bridgehead atoms. The van der Waals surface area contributed by atoms with E-state index in [0.717, 1.165) is 0 Å². The van der Waals surface area contributed by atoms with E-state index in [-0.39, 0.29) is 11.6 Å². The van der Waals surface area contributed by atoms with Crippen LogP contribution in [0.2, 0.25) is 0 Å². The maximum absolute atomic E-state index is 12.1. The fourth-order valence-corrected chi connectivity index (χ4v) is 2.08. The third-order valence-corrected chi connectivity index (χ3v) is 3.26. The minimum absolute atomic E-state index is 0.0398. The van der Waals surface area contributed by atoms with E-state index in [9.17, 15) is 14.9 Å². The van der Waals surface area contributed by atoms with Crippen molar-refractivity contribution >= 4 is 17.3 Å². The van der Waals surface area contributed by atoms with E-state index in [0.29, 0.717) is 22.6 Å². The van der Waals surface area contributed by atoms with Gasteiger partial charge in [0.05, 0.1) is 10.5 Å². The van der Waals surface area contributed by atoms with Gasteiger partial charge in [-0.15, -0.1) is 0 Å². The number of carbonyl (C=O) groups excluding carboxylic acids is 1. The fourth-order valence-electron chi connectivity index (χ4n) is 2.08. The molecule has 0 aliphatic carbocycles. The molecule has 1 aromatic heterocycles. The third-order valence-electron chi connectivity index (χ3n) is 3.26. The zero-order chi connectivity index (χ0) is 16.9. The second kappa shape index (κ2) is 6.66. The van der Waals surface area contributed by atoms with E-state index in [1.165, 1.54) is 24.5 Å². The minimum Gasteiger partial charge on any atom is -0.322 e. The number of amides is 1. The number of nitrogens with zero attached hydrogens (tertiary/aromatic N) is 3. The molecule has 3 rings (SSSR count). The first-order chi connectivity index (χ1) is 11.6. The molecular formula is C17H12N4O3. The third kappa shape index (κ3) is 3.41. The lowest BCUT2D eigenvalue weighted by molar-refractivity contribution is -0.384. The maximum atomic E-state index is 12.1. The number of nitro benzene ring substituents is 1. The fraction of sp³-hybridized carbons (Fsp3) is 0. The minimum atomic E-state index is -0.481. The predicted molar refractivity (Wildman–Crippen MR) is 88.5 cm³/mol. The molecule has 0 aliphatic rings. The Morgan fingerprint density at radius 3 is 2.38 bits per heavy atom. The second-order valence-corrected chi connectivity index (χ2v) is 4.92. The van der Waals surface area contributed by atoms with Gasteiger partial charge in [0.25, 0.3) is 11.6 Å².